The summed E-state index contributed by atoms with van der Waals surface area (Å²) in [4.78, 5) is 16.9. The predicted molar refractivity (Wildman–Crippen MR) is 105 cm³/mol. The first-order valence-electron chi connectivity index (χ1n) is 8.44. The highest BCUT2D eigenvalue weighted by Gasteiger charge is 2.08. The Kier molecular flexibility index (Phi) is 4.50. The SMILES string of the molecule is Cc1ccnn1-c1cccc(NC(=O)CCc2nc3ccccc3s2)c1. The van der Waals surface area contributed by atoms with E-state index in [0.29, 0.717) is 12.8 Å². The van der Waals surface area contributed by atoms with Gasteiger partial charge in [-0.15, -0.1) is 11.3 Å². The van der Waals surface area contributed by atoms with E-state index in [-0.39, 0.29) is 5.91 Å². The third-order valence-corrected chi connectivity index (χ3v) is 5.21. The second-order valence-electron chi connectivity index (χ2n) is 6.06. The van der Waals surface area contributed by atoms with E-state index in [1.54, 1.807) is 17.5 Å². The molecule has 0 atom stereocenters. The van der Waals surface area contributed by atoms with E-state index in [1.807, 2.05) is 60.1 Å². The Morgan fingerprint density at radius 2 is 2.04 bits per heavy atom. The molecule has 0 aliphatic heterocycles. The number of nitrogens with zero attached hydrogens (tertiary/aromatic N) is 3. The molecule has 130 valence electrons. The Hall–Kier alpha value is -2.99. The zero-order valence-corrected chi connectivity index (χ0v) is 15.2. The van der Waals surface area contributed by atoms with Crippen LogP contribution in [-0.4, -0.2) is 20.7 Å². The summed E-state index contributed by atoms with van der Waals surface area (Å²) in [5.41, 5.74) is 3.74. The van der Waals surface area contributed by atoms with Gasteiger partial charge in [0.1, 0.15) is 0 Å². The summed E-state index contributed by atoms with van der Waals surface area (Å²) in [6.07, 6.45) is 2.81. The highest BCUT2D eigenvalue weighted by molar-refractivity contribution is 7.18. The molecule has 4 rings (SSSR count). The van der Waals surface area contributed by atoms with Crippen molar-refractivity contribution in [1.82, 2.24) is 14.8 Å². The minimum absolute atomic E-state index is 0.0152. The first kappa shape index (κ1) is 16.5. The number of carbonyl (C=O) groups excluding carboxylic acids is 1. The number of hydrogen-bond acceptors (Lipinski definition) is 4. The number of aromatic nitrogens is 3. The van der Waals surface area contributed by atoms with Crippen LogP contribution >= 0.6 is 11.3 Å². The number of aryl methyl sites for hydroxylation is 2. The van der Waals surface area contributed by atoms with Gasteiger partial charge in [-0.2, -0.15) is 5.10 Å². The van der Waals surface area contributed by atoms with Crippen LogP contribution in [0.15, 0.2) is 60.8 Å². The maximum atomic E-state index is 12.3. The number of carbonyl (C=O) groups is 1. The van der Waals surface area contributed by atoms with Gasteiger partial charge < -0.3 is 5.32 Å². The fourth-order valence-electron chi connectivity index (χ4n) is 2.83. The Bertz CT molecular complexity index is 1030. The zero-order chi connectivity index (χ0) is 17.9. The van der Waals surface area contributed by atoms with Crippen LogP contribution in [0, 0.1) is 6.92 Å². The largest absolute Gasteiger partial charge is 0.326 e. The van der Waals surface area contributed by atoms with E-state index in [4.69, 9.17) is 0 Å². The maximum Gasteiger partial charge on any atom is 0.224 e. The molecule has 0 bridgehead atoms. The number of para-hydroxylation sites is 1. The summed E-state index contributed by atoms with van der Waals surface area (Å²) in [6, 6.07) is 17.7. The molecule has 1 N–H and O–H groups in total. The van der Waals surface area contributed by atoms with Gasteiger partial charge in [-0.3, -0.25) is 4.79 Å². The van der Waals surface area contributed by atoms with Gasteiger partial charge >= 0.3 is 0 Å². The molecule has 1 amide bonds. The molecule has 0 spiro atoms. The van der Waals surface area contributed by atoms with Gasteiger partial charge in [0.05, 0.1) is 20.9 Å². The molecule has 6 heteroatoms. The van der Waals surface area contributed by atoms with Crippen LogP contribution in [0.3, 0.4) is 0 Å². The molecule has 0 aliphatic rings. The lowest BCUT2D eigenvalue weighted by Crippen LogP contribution is -2.12. The first-order valence-corrected chi connectivity index (χ1v) is 9.26. The Morgan fingerprint density at radius 1 is 1.15 bits per heavy atom. The summed E-state index contributed by atoms with van der Waals surface area (Å²) in [5, 5.41) is 8.25. The number of thiazole rings is 1. The van der Waals surface area contributed by atoms with Crippen molar-refractivity contribution in [2.75, 3.05) is 5.32 Å². The molecule has 0 saturated carbocycles. The van der Waals surface area contributed by atoms with Crippen molar-refractivity contribution in [3.8, 4) is 5.69 Å². The van der Waals surface area contributed by atoms with Gasteiger partial charge in [0.25, 0.3) is 0 Å². The lowest BCUT2D eigenvalue weighted by Gasteiger charge is -2.08. The average Bonchev–Trinajstić information content (AvgIpc) is 3.25. The van der Waals surface area contributed by atoms with Crippen molar-refractivity contribution in [1.29, 1.82) is 0 Å². The third kappa shape index (κ3) is 3.50. The minimum atomic E-state index is -0.0152. The highest BCUT2D eigenvalue weighted by atomic mass is 32.1. The van der Waals surface area contributed by atoms with Gasteiger partial charge in [0.15, 0.2) is 0 Å². The molecule has 0 saturated heterocycles. The third-order valence-electron chi connectivity index (χ3n) is 4.11. The standard InChI is InChI=1S/C20H18N4OS/c1-14-11-12-21-24(14)16-6-4-5-15(13-16)22-19(25)9-10-20-23-17-7-2-3-8-18(17)26-20/h2-8,11-13H,9-10H2,1H3,(H,22,25). The molecule has 2 aromatic heterocycles. The number of hydrogen-bond donors (Lipinski definition) is 1. The fourth-order valence-corrected chi connectivity index (χ4v) is 3.79. The van der Waals surface area contributed by atoms with Crippen molar-refractivity contribution in [2.24, 2.45) is 0 Å². The number of anilines is 1. The molecule has 2 heterocycles. The minimum Gasteiger partial charge on any atom is -0.326 e. The van der Waals surface area contributed by atoms with E-state index in [2.05, 4.69) is 21.5 Å². The van der Waals surface area contributed by atoms with Gasteiger partial charge in [-0.05, 0) is 43.3 Å². The Labute approximate surface area is 155 Å². The van der Waals surface area contributed by atoms with Crippen LogP contribution in [0.5, 0.6) is 0 Å². The van der Waals surface area contributed by atoms with Gasteiger partial charge in [-0.1, -0.05) is 18.2 Å². The predicted octanol–water partition coefficient (Wildman–Crippen LogP) is 4.36. The summed E-state index contributed by atoms with van der Waals surface area (Å²) in [5.74, 6) is -0.0152. The number of amides is 1. The molecular formula is C20H18N4OS. The topological polar surface area (TPSA) is 59.8 Å². The molecule has 5 nitrogen and oxygen atoms in total. The summed E-state index contributed by atoms with van der Waals surface area (Å²) < 4.78 is 3.00. The van der Waals surface area contributed by atoms with Crippen LogP contribution in [0.2, 0.25) is 0 Å². The first-order chi connectivity index (χ1) is 12.7. The molecule has 0 unspecified atom stereocenters. The van der Waals surface area contributed by atoms with Crippen molar-refractivity contribution in [3.05, 3.63) is 71.5 Å². The Morgan fingerprint density at radius 3 is 2.85 bits per heavy atom. The van der Waals surface area contributed by atoms with Crippen molar-refractivity contribution in [3.63, 3.8) is 0 Å². The molecule has 0 aliphatic carbocycles. The Balaban J connectivity index is 1.41. The van der Waals surface area contributed by atoms with Gasteiger partial charge in [0.2, 0.25) is 5.91 Å². The van der Waals surface area contributed by atoms with Crippen molar-refractivity contribution >= 4 is 33.1 Å². The molecule has 4 aromatic rings. The summed E-state index contributed by atoms with van der Waals surface area (Å²) >= 11 is 1.65. The lowest BCUT2D eigenvalue weighted by molar-refractivity contribution is -0.116. The maximum absolute atomic E-state index is 12.3. The number of nitrogens with one attached hydrogen (secondary N) is 1. The molecular weight excluding hydrogens is 344 g/mol. The number of benzene rings is 2. The number of fused-ring (bicyclic) bond motifs is 1. The second kappa shape index (κ2) is 7.09. The van der Waals surface area contributed by atoms with Crippen LogP contribution in [0.25, 0.3) is 15.9 Å². The lowest BCUT2D eigenvalue weighted by atomic mass is 10.2. The van der Waals surface area contributed by atoms with E-state index < -0.39 is 0 Å². The highest BCUT2D eigenvalue weighted by Crippen LogP contribution is 2.22. The smallest absolute Gasteiger partial charge is 0.224 e. The summed E-state index contributed by atoms with van der Waals surface area (Å²) in [7, 11) is 0. The fraction of sp³-hybridized carbons (Fsp3) is 0.150. The van der Waals surface area contributed by atoms with Gasteiger partial charge in [-0.25, -0.2) is 9.67 Å². The van der Waals surface area contributed by atoms with E-state index in [9.17, 15) is 4.79 Å². The van der Waals surface area contributed by atoms with Crippen LogP contribution in [-0.2, 0) is 11.2 Å². The van der Waals surface area contributed by atoms with E-state index in [0.717, 1.165) is 32.3 Å². The van der Waals surface area contributed by atoms with Gasteiger partial charge in [0, 0.05) is 30.4 Å². The zero-order valence-electron chi connectivity index (χ0n) is 14.3. The van der Waals surface area contributed by atoms with Crippen molar-refractivity contribution in [2.45, 2.75) is 19.8 Å². The molecule has 2 aromatic carbocycles. The molecule has 0 fully saturated rings. The average molecular weight is 362 g/mol. The quantitative estimate of drug-likeness (QED) is 0.574. The monoisotopic (exact) mass is 362 g/mol. The van der Waals surface area contributed by atoms with Crippen LogP contribution in [0.1, 0.15) is 17.1 Å². The van der Waals surface area contributed by atoms with Crippen LogP contribution < -0.4 is 5.32 Å². The number of rotatable bonds is 5. The van der Waals surface area contributed by atoms with E-state index >= 15 is 0 Å². The molecule has 0 radical (unpaired) electrons. The van der Waals surface area contributed by atoms with Crippen LogP contribution in [0.4, 0.5) is 5.69 Å². The van der Waals surface area contributed by atoms with Crippen molar-refractivity contribution < 1.29 is 4.79 Å². The second-order valence-corrected chi connectivity index (χ2v) is 7.17. The molecule has 26 heavy (non-hydrogen) atoms. The van der Waals surface area contributed by atoms with E-state index in [1.165, 1.54) is 0 Å². The summed E-state index contributed by atoms with van der Waals surface area (Å²) in [6.45, 7) is 2.00. The normalized spacial score (nSPS) is 11.0.